The van der Waals surface area contributed by atoms with E-state index in [0.717, 1.165) is 28.6 Å². The number of ketones is 1. The summed E-state index contributed by atoms with van der Waals surface area (Å²) in [5.74, 6) is -1.18. The van der Waals surface area contributed by atoms with Gasteiger partial charge >= 0.3 is 12.0 Å². The number of nitrogens with one attached hydrogen (secondary N) is 2. The lowest BCUT2D eigenvalue weighted by atomic mass is 9.98. The number of H-pyrrole nitrogens is 1. The van der Waals surface area contributed by atoms with Gasteiger partial charge in [0.05, 0.1) is 6.42 Å². The number of amides is 3. The predicted molar refractivity (Wildman–Crippen MR) is 104 cm³/mol. The average Bonchev–Trinajstić information content (AvgIpc) is 3.35. The molecule has 1 aliphatic carbocycles. The van der Waals surface area contributed by atoms with E-state index in [1.165, 1.54) is 0 Å². The number of carbonyl (C=O) groups is 4. The molecule has 1 aromatic carbocycles. The molecule has 8 nitrogen and oxygen atoms in total. The molecule has 3 amide bonds. The molecule has 1 saturated heterocycles. The Morgan fingerprint density at radius 3 is 2.66 bits per heavy atom. The molecule has 2 N–H and O–H groups in total. The maximum Gasteiger partial charge on any atom is 0.325 e. The Balaban J connectivity index is 1.32. The summed E-state index contributed by atoms with van der Waals surface area (Å²) in [4.78, 5) is 53.6. The predicted octanol–water partition coefficient (Wildman–Crippen LogP) is 2.46. The number of hydrogen-bond donors (Lipinski definition) is 2. The van der Waals surface area contributed by atoms with E-state index in [1.54, 1.807) is 6.92 Å². The molecule has 2 heterocycles. The van der Waals surface area contributed by atoms with Crippen LogP contribution in [0.25, 0.3) is 10.9 Å². The molecule has 0 atom stereocenters. The van der Waals surface area contributed by atoms with Crippen molar-refractivity contribution in [1.82, 2.24) is 15.2 Å². The first kappa shape index (κ1) is 19.2. The SMILES string of the molecule is Cc1[nH]c2ccccc2c1C(=O)COC(=O)CCN1C(=O)NC2(CCCC2)C1=O. The van der Waals surface area contributed by atoms with Gasteiger partial charge in [-0.15, -0.1) is 0 Å². The first-order chi connectivity index (χ1) is 13.9. The van der Waals surface area contributed by atoms with E-state index in [4.69, 9.17) is 4.74 Å². The van der Waals surface area contributed by atoms with Crippen molar-refractivity contribution in [1.29, 1.82) is 0 Å². The number of imide groups is 1. The molecule has 1 aliphatic heterocycles. The summed E-state index contributed by atoms with van der Waals surface area (Å²) in [7, 11) is 0. The standard InChI is InChI=1S/C21H23N3O5/c1-13-18(14-6-2-3-7-15(14)22-13)16(25)12-29-17(26)8-11-24-19(27)21(23-20(24)28)9-4-5-10-21/h2-3,6-7,22H,4-5,8-12H2,1H3,(H,23,28). The third-order valence-electron chi connectivity index (χ3n) is 5.78. The summed E-state index contributed by atoms with van der Waals surface area (Å²) in [6, 6.07) is 6.96. The fourth-order valence-electron chi connectivity index (χ4n) is 4.33. The highest BCUT2D eigenvalue weighted by Gasteiger charge is 2.52. The molecule has 2 aromatic rings. The van der Waals surface area contributed by atoms with Gasteiger partial charge in [-0.1, -0.05) is 31.0 Å². The van der Waals surface area contributed by atoms with Crippen LogP contribution in [0.2, 0.25) is 0 Å². The first-order valence-electron chi connectivity index (χ1n) is 9.81. The molecule has 2 aliphatic rings. The van der Waals surface area contributed by atoms with Gasteiger partial charge in [-0.2, -0.15) is 0 Å². The van der Waals surface area contributed by atoms with E-state index in [0.29, 0.717) is 24.1 Å². The second-order valence-corrected chi connectivity index (χ2v) is 7.68. The molecule has 4 rings (SSSR count). The fourth-order valence-corrected chi connectivity index (χ4v) is 4.33. The van der Waals surface area contributed by atoms with Crippen LogP contribution in [-0.2, 0) is 14.3 Å². The van der Waals surface area contributed by atoms with Gasteiger partial charge in [0.1, 0.15) is 5.54 Å². The monoisotopic (exact) mass is 397 g/mol. The zero-order valence-corrected chi connectivity index (χ0v) is 16.2. The highest BCUT2D eigenvalue weighted by molar-refractivity contribution is 6.10. The zero-order valence-electron chi connectivity index (χ0n) is 16.2. The van der Waals surface area contributed by atoms with Gasteiger partial charge in [-0.05, 0) is 25.8 Å². The lowest BCUT2D eigenvalue weighted by Gasteiger charge is -2.19. The number of ether oxygens (including phenoxy) is 1. The van der Waals surface area contributed by atoms with Crippen LogP contribution in [-0.4, -0.2) is 52.3 Å². The van der Waals surface area contributed by atoms with Crippen molar-refractivity contribution < 1.29 is 23.9 Å². The van der Waals surface area contributed by atoms with E-state index in [9.17, 15) is 19.2 Å². The number of nitrogens with zero attached hydrogens (tertiary/aromatic N) is 1. The summed E-state index contributed by atoms with van der Waals surface area (Å²) in [5, 5.41) is 3.56. The zero-order chi connectivity index (χ0) is 20.6. The van der Waals surface area contributed by atoms with Crippen molar-refractivity contribution in [3.63, 3.8) is 0 Å². The maximum absolute atomic E-state index is 12.6. The molecular formula is C21H23N3O5. The summed E-state index contributed by atoms with van der Waals surface area (Å²) >= 11 is 0. The third-order valence-corrected chi connectivity index (χ3v) is 5.78. The van der Waals surface area contributed by atoms with Crippen molar-refractivity contribution in [3.05, 3.63) is 35.5 Å². The van der Waals surface area contributed by atoms with Crippen LogP contribution in [0.4, 0.5) is 4.79 Å². The Hall–Kier alpha value is -3.16. The van der Waals surface area contributed by atoms with Crippen LogP contribution >= 0.6 is 0 Å². The summed E-state index contributed by atoms with van der Waals surface area (Å²) in [6.45, 7) is 1.36. The normalized spacial score (nSPS) is 17.9. The van der Waals surface area contributed by atoms with Gasteiger partial charge in [-0.3, -0.25) is 19.3 Å². The average molecular weight is 397 g/mol. The van der Waals surface area contributed by atoms with Crippen molar-refractivity contribution in [2.75, 3.05) is 13.2 Å². The topological polar surface area (TPSA) is 109 Å². The largest absolute Gasteiger partial charge is 0.457 e. The van der Waals surface area contributed by atoms with Crippen LogP contribution in [0.5, 0.6) is 0 Å². The molecule has 29 heavy (non-hydrogen) atoms. The highest BCUT2D eigenvalue weighted by Crippen LogP contribution is 2.35. The summed E-state index contributed by atoms with van der Waals surface area (Å²) in [6.07, 6.45) is 2.93. The Kier molecular flexibility index (Phi) is 4.86. The van der Waals surface area contributed by atoms with Crippen molar-refractivity contribution in [2.24, 2.45) is 0 Å². The number of para-hydroxylation sites is 1. The van der Waals surface area contributed by atoms with Crippen molar-refractivity contribution in [2.45, 2.75) is 44.6 Å². The van der Waals surface area contributed by atoms with Crippen LogP contribution in [0.3, 0.4) is 0 Å². The fraction of sp³-hybridized carbons (Fsp3) is 0.429. The highest BCUT2D eigenvalue weighted by atomic mass is 16.5. The lowest BCUT2D eigenvalue weighted by Crippen LogP contribution is -2.44. The number of Topliss-reactive ketones (excluding diaryl/α,β-unsaturated/α-hetero) is 1. The minimum absolute atomic E-state index is 0.0500. The van der Waals surface area contributed by atoms with Gasteiger partial charge < -0.3 is 15.0 Å². The summed E-state index contributed by atoms with van der Waals surface area (Å²) in [5.41, 5.74) is 1.28. The van der Waals surface area contributed by atoms with Gasteiger partial charge in [0.2, 0.25) is 5.78 Å². The molecule has 152 valence electrons. The van der Waals surface area contributed by atoms with Crippen LogP contribution in [0.1, 0.15) is 48.2 Å². The number of urea groups is 1. The molecular weight excluding hydrogens is 374 g/mol. The van der Waals surface area contributed by atoms with Gasteiger partial charge in [0.25, 0.3) is 5.91 Å². The molecule has 0 unspecified atom stereocenters. The van der Waals surface area contributed by atoms with Crippen LogP contribution in [0, 0.1) is 6.92 Å². The van der Waals surface area contributed by atoms with E-state index < -0.39 is 17.5 Å². The Labute approximate surface area is 167 Å². The van der Waals surface area contributed by atoms with Gasteiger partial charge in [0, 0.05) is 28.7 Å². The summed E-state index contributed by atoms with van der Waals surface area (Å²) < 4.78 is 5.11. The molecule has 0 bridgehead atoms. The molecule has 1 saturated carbocycles. The minimum Gasteiger partial charge on any atom is -0.457 e. The minimum atomic E-state index is -0.788. The van der Waals surface area contributed by atoms with E-state index in [2.05, 4.69) is 10.3 Å². The smallest absolute Gasteiger partial charge is 0.325 e. The Bertz CT molecular complexity index is 1000. The molecule has 1 aromatic heterocycles. The maximum atomic E-state index is 12.6. The van der Waals surface area contributed by atoms with Gasteiger partial charge in [0.15, 0.2) is 6.61 Å². The number of aromatic amines is 1. The van der Waals surface area contributed by atoms with E-state index in [-0.39, 0.29) is 31.3 Å². The molecule has 0 radical (unpaired) electrons. The van der Waals surface area contributed by atoms with Crippen molar-refractivity contribution >= 4 is 34.6 Å². The van der Waals surface area contributed by atoms with Gasteiger partial charge in [-0.25, -0.2) is 4.79 Å². The third kappa shape index (κ3) is 3.39. The van der Waals surface area contributed by atoms with Crippen LogP contribution < -0.4 is 5.32 Å². The Morgan fingerprint density at radius 1 is 1.17 bits per heavy atom. The molecule has 8 heteroatoms. The number of rotatable bonds is 6. The second kappa shape index (κ2) is 7.35. The van der Waals surface area contributed by atoms with E-state index in [1.807, 2.05) is 24.3 Å². The van der Waals surface area contributed by atoms with E-state index >= 15 is 0 Å². The molecule has 1 spiro atoms. The number of benzene rings is 1. The number of aromatic nitrogens is 1. The number of fused-ring (bicyclic) bond motifs is 1. The Morgan fingerprint density at radius 2 is 1.90 bits per heavy atom. The number of carbonyl (C=O) groups excluding carboxylic acids is 4. The quantitative estimate of drug-likeness (QED) is 0.442. The lowest BCUT2D eigenvalue weighted by molar-refractivity contribution is -0.143. The second-order valence-electron chi connectivity index (χ2n) is 7.68. The molecule has 2 fully saturated rings. The number of hydrogen-bond acceptors (Lipinski definition) is 5. The first-order valence-corrected chi connectivity index (χ1v) is 9.81. The van der Waals surface area contributed by atoms with Crippen molar-refractivity contribution in [3.8, 4) is 0 Å². The number of aryl methyl sites for hydroxylation is 1. The van der Waals surface area contributed by atoms with Crippen LogP contribution in [0.15, 0.2) is 24.3 Å². The number of esters is 1.